The molecule has 0 bridgehead atoms. The number of aryl methyl sites for hydroxylation is 1. The second-order valence-corrected chi connectivity index (χ2v) is 6.10. The summed E-state index contributed by atoms with van der Waals surface area (Å²) in [6, 6.07) is 17.2. The fourth-order valence-corrected chi connectivity index (χ4v) is 2.79. The molecular weight excluding hydrogens is 340 g/mol. The monoisotopic (exact) mass is 362 g/mol. The van der Waals surface area contributed by atoms with Gasteiger partial charge in [0.1, 0.15) is 19.0 Å². The highest BCUT2D eigenvalue weighted by atomic mass is 35.5. The van der Waals surface area contributed by atoms with Crippen LogP contribution in [0.3, 0.4) is 0 Å². The minimum atomic E-state index is -0.491. The minimum Gasteiger partial charge on any atom is -0.459 e. The highest BCUT2D eigenvalue weighted by molar-refractivity contribution is 6.31. The third-order valence-corrected chi connectivity index (χ3v) is 4.13. The molecule has 0 radical (unpaired) electrons. The molecule has 2 aromatic carbocycles. The van der Waals surface area contributed by atoms with Crippen molar-refractivity contribution in [3.8, 4) is 0 Å². The molecule has 2 rings (SSSR count). The van der Waals surface area contributed by atoms with Crippen LogP contribution in [0.15, 0.2) is 54.6 Å². The van der Waals surface area contributed by atoms with Crippen molar-refractivity contribution in [2.75, 3.05) is 13.9 Å². The zero-order valence-electron chi connectivity index (χ0n) is 14.5. The topological polar surface area (TPSA) is 44.8 Å². The van der Waals surface area contributed by atoms with Gasteiger partial charge < -0.3 is 14.2 Å². The van der Waals surface area contributed by atoms with Gasteiger partial charge in [-0.3, -0.25) is 4.79 Å². The van der Waals surface area contributed by atoms with Gasteiger partial charge in [-0.1, -0.05) is 60.1 Å². The van der Waals surface area contributed by atoms with Crippen LogP contribution in [0.1, 0.15) is 30.6 Å². The maximum atomic E-state index is 12.2. The van der Waals surface area contributed by atoms with Crippen LogP contribution in [0.2, 0.25) is 5.02 Å². The van der Waals surface area contributed by atoms with Gasteiger partial charge in [-0.15, -0.1) is 0 Å². The summed E-state index contributed by atoms with van der Waals surface area (Å²) >= 11 is 6.26. The molecule has 25 heavy (non-hydrogen) atoms. The molecule has 5 heteroatoms. The van der Waals surface area contributed by atoms with Gasteiger partial charge in [-0.2, -0.15) is 0 Å². The van der Waals surface area contributed by atoms with E-state index in [0.29, 0.717) is 17.9 Å². The Labute approximate surface area is 153 Å². The molecule has 4 nitrogen and oxygen atoms in total. The predicted molar refractivity (Wildman–Crippen MR) is 97.5 cm³/mol. The summed E-state index contributed by atoms with van der Waals surface area (Å²) in [5, 5.41) is 0.566. The van der Waals surface area contributed by atoms with Crippen molar-refractivity contribution >= 4 is 17.6 Å². The van der Waals surface area contributed by atoms with E-state index in [1.807, 2.05) is 48.5 Å². The number of ether oxygens (including phenoxy) is 3. The first kappa shape index (κ1) is 19.4. The molecule has 2 aromatic rings. The molecule has 0 amide bonds. The lowest BCUT2D eigenvalue weighted by Crippen LogP contribution is -2.26. The molecule has 0 fully saturated rings. The van der Waals surface area contributed by atoms with E-state index < -0.39 is 12.2 Å². The summed E-state index contributed by atoms with van der Waals surface area (Å²) in [7, 11) is 1.54. The van der Waals surface area contributed by atoms with Gasteiger partial charge in [-0.05, 0) is 25.0 Å². The van der Waals surface area contributed by atoms with Crippen molar-refractivity contribution < 1.29 is 19.0 Å². The van der Waals surface area contributed by atoms with E-state index in [1.165, 1.54) is 0 Å². The number of halogens is 1. The Hall–Kier alpha value is -1.88. The van der Waals surface area contributed by atoms with Crippen molar-refractivity contribution in [2.24, 2.45) is 0 Å². The summed E-state index contributed by atoms with van der Waals surface area (Å²) in [5.41, 5.74) is 1.87. The first-order valence-corrected chi connectivity index (χ1v) is 8.58. The Kier molecular flexibility index (Phi) is 7.92. The molecular formula is C20H23ClO4. The molecule has 134 valence electrons. The first-order valence-electron chi connectivity index (χ1n) is 8.20. The summed E-state index contributed by atoms with van der Waals surface area (Å²) in [6.45, 7) is 1.88. The Morgan fingerprint density at radius 1 is 1.08 bits per heavy atom. The van der Waals surface area contributed by atoms with E-state index in [9.17, 15) is 4.79 Å². The maximum absolute atomic E-state index is 12.2. The number of hydrogen-bond donors (Lipinski definition) is 0. The second kappa shape index (κ2) is 10.2. The van der Waals surface area contributed by atoms with Crippen LogP contribution in [0, 0.1) is 0 Å². The molecule has 0 unspecified atom stereocenters. The lowest BCUT2D eigenvalue weighted by molar-refractivity contribution is -0.164. The third kappa shape index (κ3) is 6.16. The van der Waals surface area contributed by atoms with Gasteiger partial charge in [0.05, 0.1) is 0 Å². The number of carbonyl (C=O) groups excluding carboxylic acids is 1. The summed E-state index contributed by atoms with van der Waals surface area (Å²) < 4.78 is 16.3. The molecule has 0 spiro atoms. The van der Waals surface area contributed by atoms with Gasteiger partial charge in [0.15, 0.2) is 0 Å². The molecule has 0 aliphatic carbocycles. The van der Waals surface area contributed by atoms with Crippen LogP contribution in [-0.2, 0) is 25.4 Å². The third-order valence-electron chi connectivity index (χ3n) is 3.78. The molecule has 0 aliphatic rings. The van der Waals surface area contributed by atoms with E-state index in [2.05, 4.69) is 0 Å². The van der Waals surface area contributed by atoms with Crippen molar-refractivity contribution in [1.29, 1.82) is 0 Å². The van der Waals surface area contributed by atoms with Crippen molar-refractivity contribution in [2.45, 2.75) is 32.0 Å². The Morgan fingerprint density at radius 3 is 2.44 bits per heavy atom. The average molecular weight is 363 g/mol. The molecule has 2 atom stereocenters. The normalized spacial score (nSPS) is 13.2. The van der Waals surface area contributed by atoms with Crippen LogP contribution in [0.4, 0.5) is 0 Å². The highest BCUT2D eigenvalue weighted by Gasteiger charge is 2.25. The van der Waals surface area contributed by atoms with Gasteiger partial charge in [-0.25, -0.2) is 0 Å². The van der Waals surface area contributed by atoms with Gasteiger partial charge in [0, 0.05) is 24.1 Å². The SMILES string of the molecule is COCO[C@H](c1ccccc1Cl)[C@@H](C)OC(=O)CCc1ccccc1. The Morgan fingerprint density at radius 2 is 1.76 bits per heavy atom. The molecule has 0 aliphatic heterocycles. The van der Waals surface area contributed by atoms with E-state index in [4.69, 9.17) is 25.8 Å². The number of esters is 1. The summed E-state index contributed by atoms with van der Waals surface area (Å²) in [5.74, 6) is -0.269. The van der Waals surface area contributed by atoms with Crippen molar-refractivity contribution in [3.05, 3.63) is 70.7 Å². The molecule has 0 aromatic heterocycles. The largest absolute Gasteiger partial charge is 0.459 e. The lowest BCUT2D eigenvalue weighted by Gasteiger charge is -2.25. The predicted octanol–water partition coefficient (Wildman–Crippen LogP) is 4.57. The smallest absolute Gasteiger partial charge is 0.306 e. The maximum Gasteiger partial charge on any atom is 0.306 e. The van der Waals surface area contributed by atoms with Gasteiger partial charge in [0.25, 0.3) is 0 Å². The van der Waals surface area contributed by atoms with E-state index in [-0.39, 0.29) is 12.8 Å². The fraction of sp³-hybridized carbons (Fsp3) is 0.350. The first-order chi connectivity index (χ1) is 12.1. The Balaban J connectivity index is 1.97. The van der Waals surface area contributed by atoms with Gasteiger partial charge >= 0.3 is 5.97 Å². The van der Waals surface area contributed by atoms with Crippen LogP contribution < -0.4 is 0 Å². The Bertz CT molecular complexity index is 660. The number of benzene rings is 2. The zero-order chi connectivity index (χ0) is 18.1. The van der Waals surface area contributed by atoms with Gasteiger partial charge in [0.2, 0.25) is 0 Å². The van der Waals surface area contributed by atoms with Crippen molar-refractivity contribution in [3.63, 3.8) is 0 Å². The van der Waals surface area contributed by atoms with Crippen LogP contribution in [-0.4, -0.2) is 26.0 Å². The summed E-state index contributed by atoms with van der Waals surface area (Å²) in [6.07, 6.45) is -0.0247. The standard InChI is InChI=1S/C20H23ClO4/c1-15(25-19(22)13-12-16-8-4-3-5-9-16)20(24-14-23-2)17-10-6-7-11-18(17)21/h3-11,15,20H,12-14H2,1-2H3/t15-,20+/m1/s1. The number of methoxy groups -OCH3 is 1. The lowest BCUT2D eigenvalue weighted by atomic mass is 10.0. The molecule has 0 heterocycles. The average Bonchev–Trinajstić information content (AvgIpc) is 2.62. The van der Waals surface area contributed by atoms with E-state index in [1.54, 1.807) is 20.1 Å². The van der Waals surface area contributed by atoms with Crippen LogP contribution in [0.5, 0.6) is 0 Å². The quantitative estimate of drug-likeness (QED) is 0.484. The zero-order valence-corrected chi connectivity index (χ0v) is 15.2. The molecule has 0 saturated carbocycles. The van der Waals surface area contributed by atoms with Crippen LogP contribution in [0.25, 0.3) is 0 Å². The van der Waals surface area contributed by atoms with Crippen LogP contribution >= 0.6 is 11.6 Å². The summed E-state index contributed by atoms with van der Waals surface area (Å²) in [4.78, 5) is 12.2. The molecule has 0 saturated heterocycles. The number of carbonyl (C=O) groups is 1. The fourth-order valence-electron chi connectivity index (χ4n) is 2.54. The highest BCUT2D eigenvalue weighted by Crippen LogP contribution is 2.29. The second-order valence-electron chi connectivity index (χ2n) is 5.70. The van der Waals surface area contributed by atoms with E-state index >= 15 is 0 Å². The molecule has 0 N–H and O–H groups in total. The number of hydrogen-bond acceptors (Lipinski definition) is 4. The minimum absolute atomic E-state index is 0.0851. The number of rotatable bonds is 9. The van der Waals surface area contributed by atoms with E-state index in [0.717, 1.165) is 11.1 Å². The van der Waals surface area contributed by atoms with Crippen molar-refractivity contribution in [1.82, 2.24) is 0 Å².